The van der Waals surface area contributed by atoms with Gasteiger partial charge in [-0.3, -0.25) is 4.79 Å². The van der Waals surface area contributed by atoms with E-state index in [9.17, 15) is 20.1 Å². The van der Waals surface area contributed by atoms with Crippen molar-refractivity contribution < 1.29 is 14.3 Å². The van der Waals surface area contributed by atoms with Crippen LogP contribution in [0.4, 0.5) is 4.79 Å². The minimum atomic E-state index is -1.33. The third-order valence-electron chi connectivity index (χ3n) is 6.48. The Morgan fingerprint density at radius 3 is 2.10 bits per heavy atom. The van der Waals surface area contributed by atoms with Crippen LogP contribution in [0.5, 0.6) is 0 Å². The molecule has 0 N–H and O–H groups in total. The minimum Gasteiger partial charge on any atom is -0.445 e. The van der Waals surface area contributed by atoms with E-state index in [-0.39, 0.29) is 12.4 Å². The monoisotopic (exact) mass is 399 g/mol. The molecule has 150 valence electrons. The number of rotatable bonds is 4. The molecule has 2 aliphatic rings. The van der Waals surface area contributed by atoms with Gasteiger partial charge in [-0.25, -0.2) is 4.79 Å². The Kier molecular flexibility index (Phi) is 5.01. The van der Waals surface area contributed by atoms with E-state index in [1.807, 2.05) is 36.4 Å². The van der Waals surface area contributed by atoms with Crippen LogP contribution in [0.3, 0.4) is 0 Å². The molecule has 1 spiro atoms. The van der Waals surface area contributed by atoms with Crippen LogP contribution in [-0.2, 0) is 11.3 Å². The SMILES string of the molecule is N#CC1(C#N)C(C(=O)c2ccccc2)C12CCN(C(=O)OCc1ccccc1)CC2. The number of ketones is 1. The lowest BCUT2D eigenvalue weighted by atomic mass is 9.84. The van der Waals surface area contributed by atoms with Crippen molar-refractivity contribution in [2.45, 2.75) is 19.4 Å². The number of carbonyl (C=O) groups is 2. The summed E-state index contributed by atoms with van der Waals surface area (Å²) in [7, 11) is 0. The summed E-state index contributed by atoms with van der Waals surface area (Å²) in [6, 6.07) is 22.5. The van der Waals surface area contributed by atoms with Crippen molar-refractivity contribution in [3.8, 4) is 12.1 Å². The molecule has 0 bridgehead atoms. The molecule has 30 heavy (non-hydrogen) atoms. The highest BCUT2D eigenvalue weighted by molar-refractivity contribution is 6.02. The number of hydrogen-bond acceptors (Lipinski definition) is 5. The van der Waals surface area contributed by atoms with Crippen molar-refractivity contribution >= 4 is 11.9 Å². The lowest BCUT2D eigenvalue weighted by Crippen LogP contribution is -2.41. The average molecular weight is 399 g/mol. The molecule has 2 fully saturated rings. The van der Waals surface area contributed by atoms with Gasteiger partial charge in [0.1, 0.15) is 6.61 Å². The Labute approximate surface area is 175 Å². The van der Waals surface area contributed by atoms with Crippen LogP contribution in [0, 0.1) is 39.4 Å². The molecule has 0 radical (unpaired) electrons. The van der Waals surface area contributed by atoms with Gasteiger partial charge in [0.15, 0.2) is 11.2 Å². The van der Waals surface area contributed by atoms with Gasteiger partial charge in [-0.05, 0) is 18.4 Å². The van der Waals surface area contributed by atoms with Crippen molar-refractivity contribution in [1.29, 1.82) is 10.5 Å². The summed E-state index contributed by atoms with van der Waals surface area (Å²) in [6.45, 7) is 0.908. The predicted octanol–water partition coefficient (Wildman–Crippen LogP) is 3.95. The number of nitriles is 2. The van der Waals surface area contributed by atoms with Crippen molar-refractivity contribution in [2.24, 2.45) is 16.7 Å². The van der Waals surface area contributed by atoms with Gasteiger partial charge < -0.3 is 9.64 Å². The Morgan fingerprint density at radius 2 is 1.53 bits per heavy atom. The maximum atomic E-state index is 13.1. The smallest absolute Gasteiger partial charge is 0.410 e. The van der Waals surface area contributed by atoms with E-state index in [2.05, 4.69) is 12.1 Å². The van der Waals surface area contributed by atoms with Gasteiger partial charge in [0, 0.05) is 24.1 Å². The van der Waals surface area contributed by atoms with E-state index in [1.54, 1.807) is 29.2 Å². The number of piperidine rings is 1. The number of Topliss-reactive ketones (excluding diaryl/α,β-unsaturated/α-hetero) is 1. The highest BCUT2D eigenvalue weighted by Gasteiger charge is 2.80. The summed E-state index contributed by atoms with van der Waals surface area (Å²) >= 11 is 0. The second-order valence-electron chi connectivity index (χ2n) is 7.88. The summed E-state index contributed by atoms with van der Waals surface area (Å²) in [4.78, 5) is 27.1. The van der Waals surface area contributed by atoms with Crippen molar-refractivity contribution in [2.75, 3.05) is 13.1 Å². The fraction of sp³-hybridized carbons (Fsp3) is 0.333. The van der Waals surface area contributed by atoms with Crippen molar-refractivity contribution in [3.63, 3.8) is 0 Å². The summed E-state index contributed by atoms with van der Waals surface area (Å²) in [5, 5.41) is 19.6. The molecule has 1 saturated carbocycles. The zero-order chi connectivity index (χ0) is 21.2. The first-order valence-corrected chi connectivity index (χ1v) is 9.95. The number of amides is 1. The standard InChI is InChI=1S/C24H21N3O3/c25-16-24(17-26)21(20(28)19-9-5-2-6-10-19)23(24)11-13-27(14-12-23)22(29)30-15-18-7-3-1-4-8-18/h1-10,21H,11-15H2. The molecular formula is C24H21N3O3. The normalized spacial score (nSPS) is 20.6. The molecule has 1 saturated heterocycles. The van der Waals surface area contributed by atoms with Gasteiger partial charge in [0.2, 0.25) is 0 Å². The highest BCUT2D eigenvalue weighted by atomic mass is 16.6. The molecule has 6 heteroatoms. The molecule has 1 aliphatic heterocycles. The maximum Gasteiger partial charge on any atom is 0.410 e. The van der Waals surface area contributed by atoms with E-state index in [0.29, 0.717) is 31.5 Å². The Hall–Kier alpha value is -3.64. The van der Waals surface area contributed by atoms with Gasteiger partial charge in [0.25, 0.3) is 0 Å². The molecule has 1 aliphatic carbocycles. The molecule has 1 heterocycles. The largest absolute Gasteiger partial charge is 0.445 e. The zero-order valence-corrected chi connectivity index (χ0v) is 16.5. The van der Waals surface area contributed by atoms with E-state index in [1.165, 1.54) is 0 Å². The van der Waals surface area contributed by atoms with Crippen LogP contribution >= 0.6 is 0 Å². The molecule has 2 aromatic carbocycles. The van der Waals surface area contributed by atoms with Gasteiger partial charge in [-0.15, -0.1) is 0 Å². The summed E-state index contributed by atoms with van der Waals surface area (Å²) in [5.74, 6) is -0.830. The van der Waals surface area contributed by atoms with Crippen LogP contribution in [0.2, 0.25) is 0 Å². The van der Waals surface area contributed by atoms with E-state index >= 15 is 0 Å². The second-order valence-corrected chi connectivity index (χ2v) is 7.88. The third-order valence-corrected chi connectivity index (χ3v) is 6.48. The maximum absolute atomic E-state index is 13.1. The third kappa shape index (κ3) is 3.02. The van der Waals surface area contributed by atoms with Crippen molar-refractivity contribution in [3.05, 3.63) is 71.8 Å². The molecule has 1 amide bonds. The number of carbonyl (C=O) groups excluding carboxylic acids is 2. The van der Waals surface area contributed by atoms with Crippen LogP contribution in [0.1, 0.15) is 28.8 Å². The van der Waals surface area contributed by atoms with E-state index < -0.39 is 22.8 Å². The quantitative estimate of drug-likeness (QED) is 0.726. The number of benzene rings is 2. The summed E-state index contributed by atoms with van der Waals surface area (Å²) in [5.41, 5.74) is -0.624. The molecule has 0 aromatic heterocycles. The number of nitrogens with zero attached hydrogens (tertiary/aromatic N) is 3. The van der Waals surface area contributed by atoms with Crippen LogP contribution in [-0.4, -0.2) is 29.9 Å². The molecule has 4 rings (SSSR count). The molecule has 1 atom stereocenters. The summed E-state index contributed by atoms with van der Waals surface area (Å²) in [6.07, 6.45) is 0.440. The van der Waals surface area contributed by atoms with Gasteiger partial charge in [-0.2, -0.15) is 10.5 Å². The van der Waals surface area contributed by atoms with Crippen molar-refractivity contribution in [1.82, 2.24) is 4.90 Å². The molecule has 1 unspecified atom stereocenters. The van der Waals surface area contributed by atoms with Crippen LogP contribution < -0.4 is 0 Å². The molecule has 2 aromatic rings. The highest BCUT2D eigenvalue weighted by Crippen LogP contribution is 2.74. The van der Waals surface area contributed by atoms with Crippen LogP contribution in [0.15, 0.2) is 60.7 Å². The number of hydrogen-bond donors (Lipinski definition) is 0. The summed E-state index contributed by atoms with van der Waals surface area (Å²) < 4.78 is 5.39. The fourth-order valence-electron chi connectivity index (χ4n) is 4.77. The first-order valence-electron chi connectivity index (χ1n) is 9.95. The molecular weight excluding hydrogens is 378 g/mol. The topological polar surface area (TPSA) is 94.2 Å². The first-order chi connectivity index (χ1) is 14.6. The number of ether oxygens (including phenoxy) is 1. The molecule has 6 nitrogen and oxygen atoms in total. The van der Waals surface area contributed by atoms with Gasteiger partial charge in [-0.1, -0.05) is 60.7 Å². The fourth-order valence-corrected chi connectivity index (χ4v) is 4.77. The van der Waals surface area contributed by atoms with Gasteiger partial charge >= 0.3 is 6.09 Å². The van der Waals surface area contributed by atoms with E-state index in [4.69, 9.17) is 4.74 Å². The Balaban J connectivity index is 1.44. The lowest BCUT2D eigenvalue weighted by molar-refractivity contribution is 0.0742. The Bertz CT molecular complexity index is 1010. The minimum absolute atomic E-state index is 0.168. The average Bonchev–Trinajstić information content (AvgIpc) is 3.38. The predicted molar refractivity (Wildman–Crippen MR) is 108 cm³/mol. The van der Waals surface area contributed by atoms with Gasteiger partial charge in [0.05, 0.1) is 18.1 Å². The Morgan fingerprint density at radius 1 is 0.967 bits per heavy atom. The lowest BCUT2D eigenvalue weighted by Gasteiger charge is -2.32. The van der Waals surface area contributed by atoms with E-state index in [0.717, 1.165) is 5.56 Å². The second kappa shape index (κ2) is 7.65. The van der Waals surface area contributed by atoms with Crippen LogP contribution in [0.25, 0.3) is 0 Å². The number of likely N-dealkylation sites (tertiary alicyclic amines) is 1. The first kappa shape index (κ1) is 19.7. The zero-order valence-electron chi connectivity index (χ0n) is 16.5.